The fraction of sp³-hybridized carbons (Fsp3) is 0.286. The Hall–Kier alpha value is -0.980. The van der Waals surface area contributed by atoms with E-state index < -0.39 is 11.6 Å². The number of thiophene rings is 1. The van der Waals surface area contributed by atoms with Crippen LogP contribution in [-0.4, -0.2) is 19.7 Å². The van der Waals surface area contributed by atoms with Gasteiger partial charge in [0.2, 0.25) is 5.82 Å². The Balaban J connectivity index is 1.68. The number of hydrogen-bond donors (Lipinski definition) is 1. The number of rotatable bonds is 7. The highest BCUT2D eigenvalue weighted by Gasteiger charge is 2.10. The zero-order chi connectivity index (χ0) is 14.4. The van der Waals surface area contributed by atoms with Crippen molar-refractivity contribution >= 4 is 27.3 Å². The number of benzene rings is 1. The molecule has 0 aliphatic rings. The van der Waals surface area contributed by atoms with Crippen LogP contribution in [-0.2, 0) is 6.42 Å². The van der Waals surface area contributed by atoms with Gasteiger partial charge in [0.25, 0.3) is 0 Å². The minimum atomic E-state index is -0.952. The van der Waals surface area contributed by atoms with Crippen LogP contribution in [0.2, 0.25) is 0 Å². The summed E-state index contributed by atoms with van der Waals surface area (Å²) in [5.41, 5.74) is 0. The molecule has 1 N–H and O–H groups in total. The third kappa shape index (κ3) is 4.54. The first-order valence-corrected chi connectivity index (χ1v) is 7.84. The topological polar surface area (TPSA) is 21.3 Å². The Labute approximate surface area is 128 Å². The molecule has 0 radical (unpaired) electrons. The van der Waals surface area contributed by atoms with Crippen molar-refractivity contribution in [2.24, 2.45) is 0 Å². The lowest BCUT2D eigenvalue weighted by Gasteiger charge is -2.09. The molecule has 1 heterocycles. The minimum absolute atomic E-state index is 0.0723. The summed E-state index contributed by atoms with van der Waals surface area (Å²) in [6, 6.07) is 6.60. The van der Waals surface area contributed by atoms with E-state index in [1.165, 1.54) is 10.9 Å². The summed E-state index contributed by atoms with van der Waals surface area (Å²) in [4.78, 5) is 1.32. The van der Waals surface area contributed by atoms with Crippen LogP contribution in [0.25, 0.3) is 0 Å². The highest BCUT2D eigenvalue weighted by atomic mass is 79.9. The average molecular weight is 362 g/mol. The number of hydrogen-bond acceptors (Lipinski definition) is 3. The summed E-state index contributed by atoms with van der Waals surface area (Å²) in [5, 5.41) is 5.24. The van der Waals surface area contributed by atoms with Gasteiger partial charge in [-0.25, -0.2) is 4.39 Å². The van der Waals surface area contributed by atoms with Crippen LogP contribution in [0, 0.1) is 11.6 Å². The normalized spacial score (nSPS) is 10.8. The van der Waals surface area contributed by atoms with Gasteiger partial charge in [0.05, 0.1) is 0 Å². The van der Waals surface area contributed by atoms with Crippen molar-refractivity contribution < 1.29 is 13.5 Å². The fourth-order valence-electron chi connectivity index (χ4n) is 1.66. The van der Waals surface area contributed by atoms with E-state index in [2.05, 4.69) is 27.3 Å². The zero-order valence-corrected chi connectivity index (χ0v) is 13.1. The monoisotopic (exact) mass is 361 g/mol. The minimum Gasteiger partial charge on any atom is -0.489 e. The fourth-order valence-corrected chi connectivity index (χ4v) is 2.78. The van der Waals surface area contributed by atoms with Crippen molar-refractivity contribution in [3.63, 3.8) is 0 Å². The van der Waals surface area contributed by atoms with E-state index in [0.717, 1.165) is 19.0 Å². The van der Waals surface area contributed by atoms with E-state index in [4.69, 9.17) is 4.74 Å². The Morgan fingerprint density at radius 3 is 2.85 bits per heavy atom. The maximum Gasteiger partial charge on any atom is 0.200 e. The third-order valence-electron chi connectivity index (χ3n) is 2.62. The van der Waals surface area contributed by atoms with Crippen LogP contribution in [0.1, 0.15) is 4.88 Å². The van der Waals surface area contributed by atoms with Gasteiger partial charge in [0, 0.05) is 22.4 Å². The molecule has 108 valence electrons. The van der Waals surface area contributed by atoms with E-state index in [-0.39, 0.29) is 12.4 Å². The molecule has 0 fully saturated rings. The second kappa shape index (κ2) is 7.71. The van der Waals surface area contributed by atoms with Gasteiger partial charge in [-0.05, 0) is 30.0 Å². The smallest absolute Gasteiger partial charge is 0.200 e. The molecule has 2 nitrogen and oxygen atoms in total. The lowest BCUT2D eigenvalue weighted by atomic mass is 10.3. The Bertz CT molecular complexity index is 548. The maximum atomic E-state index is 13.4. The molecule has 1 aromatic heterocycles. The number of ether oxygens (including phenoxy) is 1. The molecule has 1 aromatic carbocycles. The molecule has 20 heavy (non-hydrogen) atoms. The molecule has 0 spiro atoms. The summed E-state index contributed by atoms with van der Waals surface area (Å²) in [6.07, 6.45) is 0.956. The van der Waals surface area contributed by atoms with Crippen molar-refractivity contribution in [1.82, 2.24) is 5.32 Å². The largest absolute Gasteiger partial charge is 0.489 e. The van der Waals surface area contributed by atoms with Crippen LogP contribution in [0.3, 0.4) is 0 Å². The lowest BCUT2D eigenvalue weighted by molar-refractivity contribution is 0.293. The predicted molar refractivity (Wildman–Crippen MR) is 80.4 cm³/mol. The average Bonchev–Trinajstić information content (AvgIpc) is 2.92. The van der Waals surface area contributed by atoms with Gasteiger partial charge in [-0.3, -0.25) is 0 Å². The molecule has 0 amide bonds. The first-order valence-electron chi connectivity index (χ1n) is 6.17. The summed E-state index contributed by atoms with van der Waals surface area (Å²) in [5.74, 6) is -1.94. The van der Waals surface area contributed by atoms with Gasteiger partial charge in [-0.1, -0.05) is 22.0 Å². The van der Waals surface area contributed by atoms with E-state index in [9.17, 15) is 8.78 Å². The summed E-state index contributed by atoms with van der Waals surface area (Å²) >= 11 is 4.82. The van der Waals surface area contributed by atoms with Gasteiger partial charge in [-0.2, -0.15) is 4.39 Å². The van der Waals surface area contributed by atoms with E-state index in [1.54, 1.807) is 11.3 Å². The highest BCUT2D eigenvalue weighted by Crippen LogP contribution is 2.25. The van der Waals surface area contributed by atoms with Crippen molar-refractivity contribution in [2.75, 3.05) is 19.7 Å². The molecule has 2 aromatic rings. The molecule has 2 rings (SSSR count). The molecule has 0 bridgehead atoms. The predicted octanol–water partition coefficient (Wildman–Crippen LogP) is 4.00. The molecule has 0 aliphatic heterocycles. The first-order chi connectivity index (χ1) is 9.66. The maximum absolute atomic E-state index is 13.4. The lowest BCUT2D eigenvalue weighted by Crippen LogP contribution is -2.23. The van der Waals surface area contributed by atoms with E-state index in [1.807, 2.05) is 11.4 Å². The van der Waals surface area contributed by atoms with Crippen molar-refractivity contribution in [3.8, 4) is 5.75 Å². The Morgan fingerprint density at radius 1 is 1.25 bits per heavy atom. The van der Waals surface area contributed by atoms with Crippen LogP contribution in [0.5, 0.6) is 5.75 Å². The number of halogens is 3. The van der Waals surface area contributed by atoms with Gasteiger partial charge in [0.15, 0.2) is 11.6 Å². The standard InChI is InChI=1S/C14H14BrF2NOS/c15-10-8-12(16)14(17)13(9-10)19-6-5-18-4-3-11-2-1-7-20-11/h1-2,7-9,18H,3-6H2. The van der Waals surface area contributed by atoms with Crippen molar-refractivity contribution in [1.29, 1.82) is 0 Å². The van der Waals surface area contributed by atoms with Gasteiger partial charge < -0.3 is 10.1 Å². The molecular formula is C14H14BrF2NOS. The first kappa shape index (κ1) is 15.4. The van der Waals surface area contributed by atoms with Crippen molar-refractivity contribution in [2.45, 2.75) is 6.42 Å². The highest BCUT2D eigenvalue weighted by molar-refractivity contribution is 9.10. The van der Waals surface area contributed by atoms with Crippen LogP contribution < -0.4 is 10.1 Å². The zero-order valence-electron chi connectivity index (χ0n) is 10.7. The van der Waals surface area contributed by atoms with Gasteiger partial charge in [-0.15, -0.1) is 11.3 Å². The Morgan fingerprint density at radius 2 is 2.10 bits per heavy atom. The van der Waals surface area contributed by atoms with Crippen LogP contribution in [0.15, 0.2) is 34.1 Å². The molecule has 0 atom stereocenters. The molecule has 6 heteroatoms. The van der Waals surface area contributed by atoms with Crippen LogP contribution >= 0.6 is 27.3 Å². The van der Waals surface area contributed by atoms with E-state index >= 15 is 0 Å². The molecular weight excluding hydrogens is 348 g/mol. The quantitative estimate of drug-likeness (QED) is 0.594. The second-order valence-electron chi connectivity index (χ2n) is 4.13. The SMILES string of the molecule is Fc1cc(Br)cc(OCCNCCc2cccs2)c1F. The summed E-state index contributed by atoms with van der Waals surface area (Å²) in [6.45, 7) is 1.70. The van der Waals surface area contributed by atoms with E-state index in [0.29, 0.717) is 11.0 Å². The molecule has 0 aliphatic carbocycles. The van der Waals surface area contributed by atoms with Crippen molar-refractivity contribution in [3.05, 3.63) is 50.6 Å². The molecule has 0 saturated heterocycles. The Kier molecular flexibility index (Phi) is 5.94. The number of nitrogens with one attached hydrogen (secondary N) is 1. The van der Waals surface area contributed by atoms with Crippen LogP contribution in [0.4, 0.5) is 8.78 Å². The van der Waals surface area contributed by atoms with Gasteiger partial charge in [0.1, 0.15) is 6.61 Å². The molecule has 0 saturated carbocycles. The third-order valence-corrected chi connectivity index (χ3v) is 4.02. The summed E-state index contributed by atoms with van der Waals surface area (Å²) in [7, 11) is 0. The molecule has 0 unspecified atom stereocenters. The van der Waals surface area contributed by atoms with Gasteiger partial charge >= 0.3 is 0 Å². The second-order valence-corrected chi connectivity index (χ2v) is 6.08. The summed E-state index contributed by atoms with van der Waals surface area (Å²) < 4.78 is 32.2.